The van der Waals surface area contributed by atoms with Crippen molar-refractivity contribution in [1.82, 2.24) is 0 Å². The van der Waals surface area contributed by atoms with Gasteiger partial charge in [0.2, 0.25) is 0 Å². The highest BCUT2D eigenvalue weighted by Crippen LogP contribution is 2.39. The number of benzene rings is 1. The van der Waals surface area contributed by atoms with E-state index in [-0.39, 0.29) is 42.7 Å². The predicted molar refractivity (Wildman–Crippen MR) is 105 cm³/mol. The summed E-state index contributed by atoms with van der Waals surface area (Å²) in [5.41, 5.74) is -2.41. The lowest BCUT2D eigenvalue weighted by atomic mass is 9.81. The Balaban J connectivity index is 3.31. The fourth-order valence-electron chi connectivity index (χ4n) is 3.11. The Morgan fingerprint density at radius 1 is 1.03 bits per heavy atom. The Kier molecular flexibility index (Phi) is 7.99. The van der Waals surface area contributed by atoms with Gasteiger partial charge in [-0.15, -0.1) is 0 Å². The van der Waals surface area contributed by atoms with E-state index in [2.05, 4.69) is 0 Å². The van der Waals surface area contributed by atoms with Crippen molar-refractivity contribution in [2.24, 2.45) is 5.41 Å². The first-order chi connectivity index (χ1) is 13.4. The van der Waals surface area contributed by atoms with Gasteiger partial charge in [-0.25, -0.2) is 4.79 Å². The molecular formula is C20H29NO8. The van der Waals surface area contributed by atoms with Crippen LogP contribution in [0.25, 0.3) is 0 Å². The monoisotopic (exact) mass is 411 g/mol. The Morgan fingerprint density at radius 3 is 2.10 bits per heavy atom. The summed E-state index contributed by atoms with van der Waals surface area (Å²) in [4.78, 5) is 35.1. The van der Waals surface area contributed by atoms with Crippen molar-refractivity contribution in [1.29, 1.82) is 0 Å². The highest BCUT2D eigenvalue weighted by molar-refractivity contribution is 5.95. The van der Waals surface area contributed by atoms with Gasteiger partial charge in [-0.05, 0) is 41.5 Å². The molecule has 0 N–H and O–H groups in total. The van der Waals surface area contributed by atoms with E-state index >= 15 is 0 Å². The number of nitro benzene ring substituents is 1. The molecule has 0 unspecified atom stereocenters. The molecule has 0 amide bonds. The van der Waals surface area contributed by atoms with Crippen molar-refractivity contribution in [3.05, 3.63) is 27.8 Å². The second-order valence-corrected chi connectivity index (χ2v) is 7.64. The minimum Gasteiger partial charge on any atom is -0.493 e. The number of carbonyl (C=O) groups excluding carboxylic acids is 2. The van der Waals surface area contributed by atoms with Crippen LogP contribution in [-0.4, -0.2) is 42.8 Å². The van der Waals surface area contributed by atoms with Crippen LogP contribution >= 0.6 is 0 Å². The third-order valence-corrected chi connectivity index (χ3v) is 4.06. The zero-order valence-electron chi connectivity index (χ0n) is 18.0. The van der Waals surface area contributed by atoms with Crippen molar-refractivity contribution >= 4 is 17.6 Å². The minimum absolute atomic E-state index is 0.0669. The average Bonchev–Trinajstić information content (AvgIpc) is 2.60. The van der Waals surface area contributed by atoms with E-state index in [1.807, 2.05) is 0 Å². The standard InChI is InChI=1S/C20H29NO8/c1-8-27-17(22)13-10-16(15(26-7)11-14(13)21(24)25)29-20(5,6)12-19(3,4)18(23)28-9-2/h10-11H,8-9,12H2,1-7H3. The van der Waals surface area contributed by atoms with Crippen molar-refractivity contribution in [3.63, 3.8) is 0 Å². The van der Waals surface area contributed by atoms with E-state index in [0.717, 1.165) is 6.07 Å². The molecule has 9 heteroatoms. The molecule has 1 rings (SSSR count). The van der Waals surface area contributed by atoms with E-state index in [1.54, 1.807) is 41.5 Å². The summed E-state index contributed by atoms with van der Waals surface area (Å²) in [6.45, 7) is 10.7. The normalized spacial score (nSPS) is 11.6. The Labute approximate surface area is 170 Å². The fourth-order valence-corrected chi connectivity index (χ4v) is 3.11. The molecule has 0 saturated carbocycles. The molecule has 0 aliphatic heterocycles. The quantitative estimate of drug-likeness (QED) is 0.323. The molecule has 0 aromatic heterocycles. The van der Waals surface area contributed by atoms with Gasteiger partial charge >= 0.3 is 11.9 Å². The van der Waals surface area contributed by atoms with Crippen LogP contribution in [0.5, 0.6) is 11.5 Å². The summed E-state index contributed by atoms with van der Waals surface area (Å²) >= 11 is 0. The van der Waals surface area contributed by atoms with Crippen molar-refractivity contribution < 1.29 is 33.5 Å². The van der Waals surface area contributed by atoms with Crippen LogP contribution in [0.15, 0.2) is 12.1 Å². The number of esters is 2. The summed E-state index contributed by atoms with van der Waals surface area (Å²) in [6.07, 6.45) is 0.285. The van der Waals surface area contributed by atoms with Crippen molar-refractivity contribution in [3.8, 4) is 11.5 Å². The van der Waals surface area contributed by atoms with Crippen LogP contribution in [0.3, 0.4) is 0 Å². The predicted octanol–water partition coefficient (Wildman–Crippen LogP) is 3.92. The molecule has 0 atom stereocenters. The first-order valence-corrected chi connectivity index (χ1v) is 9.28. The molecular weight excluding hydrogens is 382 g/mol. The van der Waals surface area contributed by atoms with Gasteiger partial charge in [0.1, 0.15) is 11.2 Å². The minimum atomic E-state index is -0.883. The van der Waals surface area contributed by atoms with Gasteiger partial charge in [-0.3, -0.25) is 14.9 Å². The van der Waals surface area contributed by atoms with Crippen LogP contribution in [0.2, 0.25) is 0 Å². The molecule has 0 aliphatic carbocycles. The largest absolute Gasteiger partial charge is 0.493 e. The lowest BCUT2D eigenvalue weighted by molar-refractivity contribution is -0.385. The maximum absolute atomic E-state index is 12.2. The zero-order chi connectivity index (χ0) is 22.4. The molecule has 0 spiro atoms. The molecule has 0 bridgehead atoms. The molecule has 0 aliphatic rings. The fraction of sp³-hybridized carbons (Fsp3) is 0.600. The van der Waals surface area contributed by atoms with Gasteiger partial charge in [-0.1, -0.05) is 0 Å². The number of nitrogens with zero attached hydrogens (tertiary/aromatic N) is 1. The van der Waals surface area contributed by atoms with Gasteiger partial charge in [0.15, 0.2) is 11.5 Å². The molecule has 9 nitrogen and oxygen atoms in total. The molecule has 1 aromatic carbocycles. The van der Waals surface area contributed by atoms with Gasteiger partial charge < -0.3 is 18.9 Å². The maximum atomic E-state index is 12.2. The summed E-state index contributed by atoms with van der Waals surface area (Å²) < 4.78 is 21.3. The molecule has 0 radical (unpaired) electrons. The van der Waals surface area contributed by atoms with Gasteiger partial charge in [-0.2, -0.15) is 0 Å². The summed E-state index contributed by atoms with van der Waals surface area (Å²) in [5.74, 6) is -0.978. The van der Waals surface area contributed by atoms with Crippen LogP contribution in [0.4, 0.5) is 5.69 Å². The van der Waals surface area contributed by atoms with E-state index in [9.17, 15) is 19.7 Å². The number of carbonyl (C=O) groups is 2. The summed E-state index contributed by atoms with van der Waals surface area (Å²) in [5, 5.41) is 11.4. The van der Waals surface area contributed by atoms with E-state index in [4.69, 9.17) is 18.9 Å². The number of ether oxygens (including phenoxy) is 4. The first-order valence-electron chi connectivity index (χ1n) is 9.28. The molecule has 0 saturated heterocycles. The maximum Gasteiger partial charge on any atom is 0.345 e. The van der Waals surface area contributed by atoms with Crippen LogP contribution in [0.1, 0.15) is 58.3 Å². The topological polar surface area (TPSA) is 114 Å². The average molecular weight is 411 g/mol. The van der Waals surface area contributed by atoms with Gasteiger partial charge in [0.25, 0.3) is 5.69 Å². The molecule has 1 aromatic rings. The lowest BCUT2D eigenvalue weighted by Gasteiger charge is -2.34. The van der Waals surface area contributed by atoms with Crippen LogP contribution < -0.4 is 9.47 Å². The first kappa shape index (κ1) is 24.2. The number of hydrogen-bond donors (Lipinski definition) is 0. The van der Waals surface area contributed by atoms with Gasteiger partial charge in [0, 0.05) is 12.5 Å². The third kappa shape index (κ3) is 6.33. The van der Waals surface area contributed by atoms with Crippen LogP contribution in [0, 0.1) is 15.5 Å². The number of rotatable bonds is 10. The number of hydrogen-bond acceptors (Lipinski definition) is 8. The lowest BCUT2D eigenvalue weighted by Crippen LogP contribution is -2.39. The SMILES string of the molecule is CCOC(=O)c1cc(OC(C)(C)CC(C)(C)C(=O)OCC)c(OC)cc1[N+](=O)[O-]. The molecule has 29 heavy (non-hydrogen) atoms. The highest BCUT2D eigenvalue weighted by Gasteiger charge is 2.38. The zero-order valence-corrected chi connectivity index (χ0v) is 18.0. The molecule has 0 heterocycles. The van der Waals surface area contributed by atoms with Crippen LogP contribution in [-0.2, 0) is 14.3 Å². The molecule has 162 valence electrons. The van der Waals surface area contributed by atoms with Gasteiger partial charge in [0.05, 0.1) is 36.7 Å². The van der Waals surface area contributed by atoms with Crippen molar-refractivity contribution in [2.45, 2.75) is 53.6 Å². The number of nitro groups is 1. The Bertz CT molecular complexity index is 770. The smallest absolute Gasteiger partial charge is 0.345 e. The number of methoxy groups -OCH3 is 1. The van der Waals surface area contributed by atoms with E-state index in [0.29, 0.717) is 0 Å². The second-order valence-electron chi connectivity index (χ2n) is 7.64. The van der Waals surface area contributed by atoms with E-state index < -0.39 is 27.6 Å². The van der Waals surface area contributed by atoms with Crippen molar-refractivity contribution in [2.75, 3.05) is 20.3 Å². The Hall–Kier alpha value is -2.84. The third-order valence-electron chi connectivity index (χ3n) is 4.06. The van der Waals surface area contributed by atoms with E-state index in [1.165, 1.54) is 13.2 Å². The summed E-state index contributed by atoms with van der Waals surface area (Å²) in [7, 11) is 1.34. The Morgan fingerprint density at radius 2 is 1.62 bits per heavy atom. The summed E-state index contributed by atoms with van der Waals surface area (Å²) in [6, 6.07) is 2.35. The molecule has 0 fully saturated rings. The second kappa shape index (κ2) is 9.58. The highest BCUT2D eigenvalue weighted by atomic mass is 16.6.